The summed E-state index contributed by atoms with van der Waals surface area (Å²) in [6.07, 6.45) is 1.74. The molecular weight excluding hydrogens is 336 g/mol. The highest BCUT2D eigenvalue weighted by molar-refractivity contribution is 9.10. The largest absolute Gasteiger partial charge is 0.496 e. The van der Waals surface area contributed by atoms with Gasteiger partial charge in [0, 0.05) is 28.8 Å². The number of nitrogens with one attached hydrogen (secondary N) is 1. The number of methoxy groups -OCH3 is 3. The van der Waals surface area contributed by atoms with E-state index in [1.165, 1.54) is 0 Å². The first-order valence-electron chi connectivity index (χ1n) is 6.32. The highest BCUT2D eigenvalue weighted by Gasteiger charge is 2.11. The fourth-order valence-corrected chi connectivity index (χ4v) is 2.13. The van der Waals surface area contributed by atoms with Crippen molar-refractivity contribution >= 4 is 21.7 Å². The van der Waals surface area contributed by atoms with Crippen LogP contribution in [0, 0.1) is 0 Å². The summed E-state index contributed by atoms with van der Waals surface area (Å²) in [5.74, 6) is 2.83. The van der Waals surface area contributed by atoms with Gasteiger partial charge in [-0.3, -0.25) is 0 Å². The predicted octanol–water partition coefficient (Wildman–Crippen LogP) is 3.48. The minimum Gasteiger partial charge on any atom is -0.496 e. The molecule has 0 spiro atoms. The van der Waals surface area contributed by atoms with Crippen LogP contribution in [0.5, 0.6) is 17.2 Å². The van der Waals surface area contributed by atoms with Crippen molar-refractivity contribution in [2.75, 3.05) is 26.6 Å². The fourth-order valence-electron chi connectivity index (χ4n) is 1.90. The number of ether oxygens (including phenoxy) is 3. The highest BCUT2D eigenvalue weighted by atomic mass is 79.9. The highest BCUT2D eigenvalue weighted by Crippen LogP contribution is 2.34. The summed E-state index contributed by atoms with van der Waals surface area (Å²) in [6.45, 7) is 0.568. The van der Waals surface area contributed by atoms with Crippen LogP contribution in [0.2, 0.25) is 0 Å². The molecule has 6 heteroatoms. The molecule has 0 unspecified atom stereocenters. The van der Waals surface area contributed by atoms with Crippen LogP contribution < -0.4 is 19.5 Å². The number of rotatable bonds is 6. The minimum absolute atomic E-state index is 0.568. The lowest BCUT2D eigenvalue weighted by atomic mass is 10.1. The van der Waals surface area contributed by atoms with Crippen molar-refractivity contribution in [2.45, 2.75) is 6.54 Å². The van der Waals surface area contributed by atoms with Gasteiger partial charge in [-0.05, 0) is 34.1 Å². The summed E-state index contributed by atoms with van der Waals surface area (Å²) in [7, 11) is 4.83. The maximum atomic E-state index is 5.39. The van der Waals surface area contributed by atoms with E-state index < -0.39 is 0 Å². The summed E-state index contributed by atoms with van der Waals surface area (Å²) in [6, 6.07) is 7.53. The van der Waals surface area contributed by atoms with E-state index >= 15 is 0 Å². The monoisotopic (exact) mass is 352 g/mol. The molecule has 1 heterocycles. The second-order valence-electron chi connectivity index (χ2n) is 4.23. The van der Waals surface area contributed by atoms with Crippen molar-refractivity contribution in [1.29, 1.82) is 0 Å². The maximum Gasteiger partial charge on any atom is 0.164 e. The van der Waals surface area contributed by atoms with Crippen LogP contribution in [0.25, 0.3) is 0 Å². The number of hydrogen-bond acceptors (Lipinski definition) is 5. The van der Waals surface area contributed by atoms with E-state index in [2.05, 4.69) is 26.2 Å². The Morgan fingerprint density at radius 1 is 1.00 bits per heavy atom. The number of anilines is 1. The van der Waals surface area contributed by atoms with Crippen molar-refractivity contribution in [3.8, 4) is 17.2 Å². The molecule has 1 aromatic heterocycles. The van der Waals surface area contributed by atoms with Gasteiger partial charge >= 0.3 is 0 Å². The van der Waals surface area contributed by atoms with Crippen LogP contribution >= 0.6 is 15.9 Å². The van der Waals surface area contributed by atoms with E-state index in [9.17, 15) is 0 Å². The zero-order valence-electron chi connectivity index (χ0n) is 12.1. The molecule has 0 bridgehead atoms. The first-order chi connectivity index (χ1) is 10.2. The number of benzene rings is 1. The summed E-state index contributed by atoms with van der Waals surface area (Å²) in [5.41, 5.74) is 0.958. The summed E-state index contributed by atoms with van der Waals surface area (Å²) in [4.78, 5) is 4.27. The number of nitrogens with zero attached hydrogens (tertiary/aromatic N) is 1. The predicted molar refractivity (Wildman–Crippen MR) is 85.4 cm³/mol. The van der Waals surface area contributed by atoms with E-state index in [0.717, 1.165) is 21.6 Å². The molecule has 1 aromatic carbocycles. The summed E-state index contributed by atoms with van der Waals surface area (Å²) in [5, 5.41) is 3.24. The van der Waals surface area contributed by atoms with Crippen LogP contribution in [0.3, 0.4) is 0 Å². The SMILES string of the molecule is COc1cc(OC)c(OC)cc1CNc1ccc(Br)cn1. The molecule has 0 aliphatic rings. The van der Waals surface area contributed by atoms with Gasteiger partial charge < -0.3 is 19.5 Å². The molecule has 21 heavy (non-hydrogen) atoms. The lowest BCUT2D eigenvalue weighted by Crippen LogP contribution is -2.04. The Labute approximate surface area is 132 Å². The molecule has 2 rings (SSSR count). The molecule has 0 saturated heterocycles. The van der Waals surface area contributed by atoms with E-state index in [-0.39, 0.29) is 0 Å². The van der Waals surface area contributed by atoms with Crippen LogP contribution in [-0.2, 0) is 6.54 Å². The van der Waals surface area contributed by atoms with Gasteiger partial charge in [-0.1, -0.05) is 0 Å². The topological polar surface area (TPSA) is 52.6 Å². The van der Waals surface area contributed by atoms with Crippen LogP contribution in [-0.4, -0.2) is 26.3 Å². The van der Waals surface area contributed by atoms with Crippen molar-refractivity contribution < 1.29 is 14.2 Å². The molecule has 0 aliphatic carbocycles. The maximum absolute atomic E-state index is 5.39. The van der Waals surface area contributed by atoms with Gasteiger partial charge in [-0.25, -0.2) is 4.98 Å². The molecule has 112 valence electrons. The molecule has 0 radical (unpaired) electrons. The molecule has 0 saturated carbocycles. The quantitative estimate of drug-likeness (QED) is 0.862. The zero-order valence-corrected chi connectivity index (χ0v) is 13.7. The third-order valence-corrected chi connectivity index (χ3v) is 3.44. The van der Waals surface area contributed by atoms with Gasteiger partial charge in [0.15, 0.2) is 11.5 Å². The van der Waals surface area contributed by atoms with Gasteiger partial charge in [0.25, 0.3) is 0 Å². The van der Waals surface area contributed by atoms with Crippen molar-refractivity contribution in [1.82, 2.24) is 4.98 Å². The third kappa shape index (κ3) is 3.78. The van der Waals surface area contributed by atoms with Gasteiger partial charge in [-0.15, -0.1) is 0 Å². The van der Waals surface area contributed by atoms with Crippen LogP contribution in [0.1, 0.15) is 5.56 Å². The zero-order chi connectivity index (χ0) is 15.2. The smallest absolute Gasteiger partial charge is 0.164 e. The van der Waals surface area contributed by atoms with Crippen molar-refractivity contribution in [2.24, 2.45) is 0 Å². The van der Waals surface area contributed by atoms with E-state index in [4.69, 9.17) is 14.2 Å². The second-order valence-corrected chi connectivity index (χ2v) is 5.15. The molecule has 0 fully saturated rings. The molecule has 0 atom stereocenters. The van der Waals surface area contributed by atoms with E-state index in [0.29, 0.717) is 18.0 Å². The molecule has 0 aliphatic heterocycles. The first kappa shape index (κ1) is 15.4. The Balaban J connectivity index is 2.20. The molecule has 0 amide bonds. The fraction of sp³-hybridized carbons (Fsp3) is 0.267. The third-order valence-electron chi connectivity index (χ3n) is 2.97. The standard InChI is InChI=1S/C15H17BrN2O3/c1-19-12-7-14(21-3)13(20-2)6-10(12)8-17-15-5-4-11(16)9-18-15/h4-7,9H,8H2,1-3H3,(H,17,18). The summed E-state index contributed by atoms with van der Waals surface area (Å²) >= 11 is 3.36. The van der Waals surface area contributed by atoms with Gasteiger partial charge in [0.1, 0.15) is 11.6 Å². The Kier molecular flexibility index (Phi) is 5.27. The lowest BCUT2D eigenvalue weighted by Gasteiger charge is -2.14. The molecule has 5 nitrogen and oxygen atoms in total. The minimum atomic E-state index is 0.568. The van der Waals surface area contributed by atoms with Gasteiger partial charge in [0.2, 0.25) is 0 Å². The second kappa shape index (κ2) is 7.17. The van der Waals surface area contributed by atoms with Crippen molar-refractivity contribution in [3.63, 3.8) is 0 Å². The Morgan fingerprint density at radius 2 is 1.67 bits per heavy atom. The summed E-state index contributed by atoms with van der Waals surface area (Å²) < 4.78 is 16.9. The van der Waals surface area contributed by atoms with Crippen LogP contribution in [0.15, 0.2) is 34.9 Å². The van der Waals surface area contributed by atoms with E-state index in [1.807, 2.05) is 24.3 Å². The average molecular weight is 353 g/mol. The van der Waals surface area contributed by atoms with E-state index in [1.54, 1.807) is 27.5 Å². The normalized spacial score (nSPS) is 10.1. The van der Waals surface area contributed by atoms with Crippen molar-refractivity contribution in [3.05, 3.63) is 40.5 Å². The molecule has 2 aromatic rings. The molecular formula is C15H17BrN2O3. The van der Waals surface area contributed by atoms with Gasteiger partial charge in [-0.2, -0.15) is 0 Å². The number of hydrogen-bond donors (Lipinski definition) is 1. The first-order valence-corrected chi connectivity index (χ1v) is 7.11. The van der Waals surface area contributed by atoms with Crippen LogP contribution in [0.4, 0.5) is 5.82 Å². The Hall–Kier alpha value is -1.95. The Bertz CT molecular complexity index is 603. The Morgan fingerprint density at radius 3 is 2.24 bits per heavy atom. The number of pyridine rings is 1. The number of halogens is 1. The molecule has 1 N–H and O–H groups in total. The average Bonchev–Trinajstić information content (AvgIpc) is 2.53. The van der Waals surface area contributed by atoms with Gasteiger partial charge in [0.05, 0.1) is 21.3 Å². The lowest BCUT2D eigenvalue weighted by molar-refractivity contribution is 0.347. The number of aromatic nitrogens is 1.